The van der Waals surface area contributed by atoms with Crippen LogP contribution in [-0.2, 0) is 15.7 Å². The number of anilines is 1. The lowest BCUT2D eigenvalue weighted by molar-refractivity contribution is -0.137. The van der Waals surface area contributed by atoms with Gasteiger partial charge in [-0.1, -0.05) is 6.07 Å². The molecule has 0 saturated heterocycles. The van der Waals surface area contributed by atoms with Crippen LogP contribution in [-0.4, -0.2) is 28.7 Å². The van der Waals surface area contributed by atoms with Crippen molar-refractivity contribution in [2.75, 3.05) is 5.32 Å². The molecule has 1 aromatic carbocycles. The SMILES string of the molecule is CC(=O)c1c[nH]c(C(=O)O[C@@H](C)C(=O)Nc2cccc(C(F)(F)F)c2)c1. The summed E-state index contributed by atoms with van der Waals surface area (Å²) in [4.78, 5) is 37.7. The zero-order valence-corrected chi connectivity index (χ0v) is 13.8. The third kappa shape index (κ3) is 4.71. The normalized spacial score (nSPS) is 12.3. The van der Waals surface area contributed by atoms with Gasteiger partial charge in [-0.15, -0.1) is 0 Å². The maximum Gasteiger partial charge on any atom is 0.416 e. The van der Waals surface area contributed by atoms with Crippen LogP contribution in [0.1, 0.15) is 40.3 Å². The molecular weight excluding hydrogens is 353 g/mol. The number of hydrogen-bond acceptors (Lipinski definition) is 4. The number of esters is 1. The van der Waals surface area contributed by atoms with Crippen molar-refractivity contribution >= 4 is 23.3 Å². The van der Waals surface area contributed by atoms with Gasteiger partial charge in [0.25, 0.3) is 5.91 Å². The summed E-state index contributed by atoms with van der Waals surface area (Å²) in [6, 6.07) is 5.36. The molecule has 0 fully saturated rings. The molecule has 2 rings (SSSR count). The average Bonchev–Trinajstić information content (AvgIpc) is 3.04. The summed E-state index contributed by atoms with van der Waals surface area (Å²) in [5.74, 6) is -1.92. The van der Waals surface area contributed by atoms with Gasteiger partial charge in [-0.05, 0) is 38.1 Å². The van der Waals surface area contributed by atoms with E-state index in [2.05, 4.69) is 10.3 Å². The second-order valence-electron chi connectivity index (χ2n) is 5.47. The van der Waals surface area contributed by atoms with Crippen LogP contribution in [0.4, 0.5) is 18.9 Å². The number of H-pyrrole nitrogens is 1. The molecular formula is C17H15F3N2O4. The Balaban J connectivity index is 2.01. The second kappa shape index (κ2) is 7.42. The van der Waals surface area contributed by atoms with E-state index >= 15 is 0 Å². The molecule has 26 heavy (non-hydrogen) atoms. The Labute approximate surface area is 146 Å². The van der Waals surface area contributed by atoms with E-state index < -0.39 is 29.7 Å². The highest BCUT2D eigenvalue weighted by atomic mass is 19.4. The fourth-order valence-electron chi connectivity index (χ4n) is 2.01. The minimum Gasteiger partial charge on any atom is -0.448 e. The van der Waals surface area contributed by atoms with Crippen molar-refractivity contribution in [2.24, 2.45) is 0 Å². The fourth-order valence-corrected chi connectivity index (χ4v) is 2.01. The Morgan fingerprint density at radius 2 is 1.88 bits per heavy atom. The van der Waals surface area contributed by atoms with Gasteiger partial charge in [-0.3, -0.25) is 9.59 Å². The molecule has 1 heterocycles. The standard InChI is InChI=1S/C17H15F3N2O4/c1-9(23)11-6-14(21-8-11)16(25)26-10(2)15(24)22-13-5-3-4-12(7-13)17(18,19)20/h3-8,10,21H,1-2H3,(H,22,24)/t10-/m0/s1. The third-order valence-electron chi connectivity index (χ3n) is 3.42. The van der Waals surface area contributed by atoms with E-state index in [1.807, 2.05) is 0 Å². The van der Waals surface area contributed by atoms with E-state index in [0.717, 1.165) is 18.2 Å². The van der Waals surface area contributed by atoms with Crippen molar-refractivity contribution in [1.29, 1.82) is 0 Å². The van der Waals surface area contributed by atoms with Gasteiger partial charge >= 0.3 is 12.1 Å². The second-order valence-corrected chi connectivity index (χ2v) is 5.47. The summed E-state index contributed by atoms with van der Waals surface area (Å²) in [6.07, 6.45) is -4.48. The average molecular weight is 368 g/mol. The summed E-state index contributed by atoms with van der Waals surface area (Å²) in [7, 11) is 0. The lowest BCUT2D eigenvalue weighted by Crippen LogP contribution is -2.30. The number of aromatic nitrogens is 1. The molecule has 0 aliphatic carbocycles. The number of aromatic amines is 1. The molecule has 2 aromatic rings. The Hall–Kier alpha value is -3.10. The molecule has 0 unspecified atom stereocenters. The Morgan fingerprint density at radius 1 is 1.19 bits per heavy atom. The van der Waals surface area contributed by atoms with Crippen molar-refractivity contribution in [3.8, 4) is 0 Å². The predicted octanol–water partition coefficient (Wildman–Crippen LogP) is 3.42. The van der Waals surface area contributed by atoms with Gasteiger partial charge in [0.2, 0.25) is 0 Å². The fraction of sp³-hybridized carbons (Fsp3) is 0.235. The molecule has 6 nitrogen and oxygen atoms in total. The van der Waals surface area contributed by atoms with Crippen LogP contribution < -0.4 is 5.32 Å². The number of carbonyl (C=O) groups is 3. The monoisotopic (exact) mass is 368 g/mol. The first-order valence-electron chi connectivity index (χ1n) is 7.46. The number of carbonyl (C=O) groups excluding carboxylic acids is 3. The smallest absolute Gasteiger partial charge is 0.416 e. The zero-order valence-electron chi connectivity index (χ0n) is 13.8. The Morgan fingerprint density at radius 3 is 2.46 bits per heavy atom. The largest absolute Gasteiger partial charge is 0.448 e. The van der Waals surface area contributed by atoms with Crippen LogP contribution in [0.2, 0.25) is 0 Å². The number of ether oxygens (including phenoxy) is 1. The summed E-state index contributed by atoms with van der Waals surface area (Å²) in [5, 5.41) is 2.25. The summed E-state index contributed by atoms with van der Waals surface area (Å²) < 4.78 is 43.0. The molecule has 0 aliphatic rings. The zero-order chi connectivity index (χ0) is 19.5. The minimum atomic E-state index is -4.54. The maximum atomic E-state index is 12.7. The third-order valence-corrected chi connectivity index (χ3v) is 3.42. The Kier molecular flexibility index (Phi) is 5.49. The van der Waals surface area contributed by atoms with Crippen LogP contribution in [0.15, 0.2) is 36.5 Å². The molecule has 0 bridgehead atoms. The highest BCUT2D eigenvalue weighted by molar-refractivity contribution is 5.99. The molecule has 9 heteroatoms. The van der Waals surface area contributed by atoms with Gasteiger partial charge in [-0.25, -0.2) is 4.79 Å². The van der Waals surface area contributed by atoms with Crippen molar-refractivity contribution in [2.45, 2.75) is 26.1 Å². The lowest BCUT2D eigenvalue weighted by Gasteiger charge is -2.14. The molecule has 0 radical (unpaired) electrons. The number of ketones is 1. The Bertz CT molecular complexity index is 843. The van der Waals surface area contributed by atoms with Gasteiger partial charge in [0.1, 0.15) is 5.69 Å². The quantitative estimate of drug-likeness (QED) is 0.625. The minimum absolute atomic E-state index is 0.0195. The van der Waals surface area contributed by atoms with Crippen LogP contribution in [0.5, 0.6) is 0 Å². The van der Waals surface area contributed by atoms with Gasteiger partial charge in [0, 0.05) is 17.4 Å². The van der Waals surface area contributed by atoms with Crippen molar-refractivity contribution < 1.29 is 32.3 Å². The number of amides is 1. The van der Waals surface area contributed by atoms with Gasteiger partial charge < -0.3 is 15.0 Å². The van der Waals surface area contributed by atoms with E-state index in [-0.39, 0.29) is 22.7 Å². The molecule has 0 aliphatic heterocycles. The molecule has 1 atom stereocenters. The number of nitrogens with one attached hydrogen (secondary N) is 2. The van der Waals surface area contributed by atoms with E-state index in [4.69, 9.17) is 4.74 Å². The van der Waals surface area contributed by atoms with Crippen LogP contribution in [0.25, 0.3) is 0 Å². The van der Waals surface area contributed by atoms with E-state index in [1.165, 1.54) is 32.2 Å². The number of benzene rings is 1. The molecule has 138 valence electrons. The summed E-state index contributed by atoms with van der Waals surface area (Å²) in [6.45, 7) is 2.60. The predicted molar refractivity (Wildman–Crippen MR) is 85.7 cm³/mol. The molecule has 0 saturated carbocycles. The number of hydrogen-bond donors (Lipinski definition) is 2. The van der Waals surface area contributed by atoms with Gasteiger partial charge in [-0.2, -0.15) is 13.2 Å². The van der Waals surface area contributed by atoms with Gasteiger partial charge in [0.15, 0.2) is 11.9 Å². The first-order chi connectivity index (χ1) is 12.1. The molecule has 1 amide bonds. The number of rotatable bonds is 5. The number of alkyl halides is 3. The number of halogens is 3. The summed E-state index contributed by atoms with van der Waals surface area (Å²) in [5.41, 5.74) is -0.735. The highest BCUT2D eigenvalue weighted by Crippen LogP contribution is 2.30. The van der Waals surface area contributed by atoms with Crippen molar-refractivity contribution in [3.63, 3.8) is 0 Å². The lowest BCUT2D eigenvalue weighted by atomic mass is 10.2. The van der Waals surface area contributed by atoms with Crippen molar-refractivity contribution in [3.05, 3.63) is 53.3 Å². The van der Waals surface area contributed by atoms with E-state index in [0.29, 0.717) is 0 Å². The molecule has 2 N–H and O–H groups in total. The summed E-state index contributed by atoms with van der Waals surface area (Å²) >= 11 is 0. The van der Waals surface area contributed by atoms with Gasteiger partial charge in [0.05, 0.1) is 5.56 Å². The first kappa shape index (κ1) is 19.2. The topological polar surface area (TPSA) is 88.3 Å². The molecule has 1 aromatic heterocycles. The van der Waals surface area contributed by atoms with E-state index in [1.54, 1.807) is 0 Å². The maximum absolute atomic E-state index is 12.7. The highest BCUT2D eigenvalue weighted by Gasteiger charge is 2.30. The first-order valence-corrected chi connectivity index (χ1v) is 7.46. The van der Waals surface area contributed by atoms with E-state index in [9.17, 15) is 27.6 Å². The van der Waals surface area contributed by atoms with Crippen LogP contribution in [0, 0.1) is 0 Å². The van der Waals surface area contributed by atoms with Crippen molar-refractivity contribution in [1.82, 2.24) is 4.98 Å². The number of Topliss-reactive ketones (excluding diaryl/α,β-unsaturated/α-hetero) is 1. The van der Waals surface area contributed by atoms with Crippen LogP contribution in [0.3, 0.4) is 0 Å². The van der Waals surface area contributed by atoms with Crippen LogP contribution >= 0.6 is 0 Å². The molecule has 0 spiro atoms.